The fourth-order valence-corrected chi connectivity index (χ4v) is 2.20. The Morgan fingerprint density at radius 2 is 1.75 bits per heavy atom. The number of hydrogen-bond donors (Lipinski definition) is 2. The predicted octanol–water partition coefficient (Wildman–Crippen LogP) is 3.89. The second kappa shape index (κ2) is 7.70. The average molecular weight is 344 g/mol. The van der Waals surface area contributed by atoms with Crippen LogP contribution in [0.15, 0.2) is 54.7 Å². The zero-order valence-corrected chi connectivity index (χ0v) is 13.5. The van der Waals surface area contributed by atoms with Gasteiger partial charge in [0.2, 0.25) is 5.95 Å². The molecule has 0 amide bonds. The van der Waals surface area contributed by atoms with E-state index < -0.39 is 0 Å². The first kappa shape index (κ1) is 16.1. The van der Waals surface area contributed by atoms with Crippen molar-refractivity contribution >= 4 is 23.4 Å². The zero-order chi connectivity index (χ0) is 16.8. The van der Waals surface area contributed by atoms with Crippen molar-refractivity contribution in [3.63, 3.8) is 0 Å². The maximum Gasteiger partial charge on any atom is 0.244 e. The van der Waals surface area contributed by atoms with Crippen molar-refractivity contribution in [2.24, 2.45) is 0 Å². The molecule has 7 heteroatoms. The van der Waals surface area contributed by atoms with Gasteiger partial charge in [-0.3, -0.25) is 0 Å². The number of benzene rings is 2. The molecule has 3 rings (SSSR count). The summed E-state index contributed by atoms with van der Waals surface area (Å²) in [5.41, 5.74) is 1.61. The molecule has 0 saturated heterocycles. The van der Waals surface area contributed by atoms with Crippen molar-refractivity contribution in [1.82, 2.24) is 15.2 Å². The van der Waals surface area contributed by atoms with Crippen LogP contribution in [0.1, 0.15) is 11.1 Å². The zero-order valence-electron chi connectivity index (χ0n) is 12.7. The lowest BCUT2D eigenvalue weighted by Gasteiger charge is -2.08. The Hall–Kier alpha value is -2.73. The highest BCUT2D eigenvalue weighted by Crippen LogP contribution is 2.12. The number of nitrogens with zero attached hydrogens (tertiary/aromatic N) is 3. The fourth-order valence-electron chi connectivity index (χ4n) is 2.07. The van der Waals surface area contributed by atoms with E-state index in [1.54, 1.807) is 18.2 Å². The summed E-state index contributed by atoms with van der Waals surface area (Å²) >= 11 is 5.86. The van der Waals surface area contributed by atoms with Crippen molar-refractivity contribution in [3.05, 3.63) is 76.7 Å². The molecule has 0 bridgehead atoms. The van der Waals surface area contributed by atoms with Crippen molar-refractivity contribution in [2.75, 3.05) is 10.6 Å². The maximum absolute atomic E-state index is 13.6. The number of halogens is 2. The summed E-state index contributed by atoms with van der Waals surface area (Å²) in [6, 6.07) is 14.1. The molecule has 24 heavy (non-hydrogen) atoms. The predicted molar refractivity (Wildman–Crippen MR) is 92.3 cm³/mol. The van der Waals surface area contributed by atoms with Crippen LogP contribution in [0.25, 0.3) is 0 Å². The first-order valence-electron chi connectivity index (χ1n) is 7.36. The van der Waals surface area contributed by atoms with Gasteiger partial charge in [0.05, 0.1) is 6.20 Å². The summed E-state index contributed by atoms with van der Waals surface area (Å²) in [4.78, 5) is 4.31. The lowest BCUT2D eigenvalue weighted by molar-refractivity contribution is 0.613. The van der Waals surface area contributed by atoms with Gasteiger partial charge in [-0.05, 0) is 23.8 Å². The average Bonchev–Trinajstić information content (AvgIpc) is 2.61. The van der Waals surface area contributed by atoms with Gasteiger partial charge in [0.1, 0.15) is 5.82 Å². The van der Waals surface area contributed by atoms with Crippen LogP contribution in [0.2, 0.25) is 5.02 Å². The van der Waals surface area contributed by atoms with Crippen LogP contribution in [0.5, 0.6) is 0 Å². The van der Waals surface area contributed by atoms with Crippen LogP contribution >= 0.6 is 11.6 Å². The van der Waals surface area contributed by atoms with E-state index in [9.17, 15) is 4.39 Å². The molecule has 122 valence electrons. The third-order valence-corrected chi connectivity index (χ3v) is 3.59. The van der Waals surface area contributed by atoms with Crippen molar-refractivity contribution in [1.29, 1.82) is 0 Å². The maximum atomic E-state index is 13.6. The Balaban J connectivity index is 1.59. The van der Waals surface area contributed by atoms with Crippen LogP contribution in [-0.2, 0) is 13.1 Å². The van der Waals surface area contributed by atoms with Gasteiger partial charge in [0.15, 0.2) is 5.82 Å². The summed E-state index contributed by atoms with van der Waals surface area (Å²) < 4.78 is 13.6. The largest absolute Gasteiger partial charge is 0.364 e. The minimum atomic E-state index is -0.256. The molecule has 0 saturated carbocycles. The number of anilines is 2. The summed E-state index contributed by atoms with van der Waals surface area (Å²) in [6.45, 7) is 0.873. The van der Waals surface area contributed by atoms with Gasteiger partial charge in [0.25, 0.3) is 0 Å². The molecule has 0 aliphatic heterocycles. The molecular formula is C17H15ClFN5. The van der Waals surface area contributed by atoms with E-state index in [4.69, 9.17) is 11.6 Å². The molecular weight excluding hydrogens is 329 g/mol. The summed E-state index contributed by atoms with van der Waals surface area (Å²) in [7, 11) is 0. The van der Waals surface area contributed by atoms with Crippen LogP contribution in [0.4, 0.5) is 16.2 Å². The minimum absolute atomic E-state index is 0.256. The van der Waals surface area contributed by atoms with Gasteiger partial charge < -0.3 is 10.6 Å². The SMILES string of the molecule is Fc1ccccc1CNc1cnnc(NCc2ccc(Cl)cc2)n1. The number of aromatic nitrogens is 3. The molecule has 0 aliphatic carbocycles. The van der Waals surface area contributed by atoms with Gasteiger partial charge in [-0.1, -0.05) is 41.9 Å². The third kappa shape index (κ3) is 4.39. The Morgan fingerprint density at radius 3 is 2.54 bits per heavy atom. The van der Waals surface area contributed by atoms with Crippen molar-refractivity contribution in [3.8, 4) is 0 Å². The van der Waals surface area contributed by atoms with E-state index in [0.717, 1.165) is 5.56 Å². The molecule has 2 aromatic carbocycles. The smallest absolute Gasteiger partial charge is 0.244 e. The quantitative estimate of drug-likeness (QED) is 0.711. The minimum Gasteiger partial charge on any atom is -0.364 e. The third-order valence-electron chi connectivity index (χ3n) is 3.34. The molecule has 0 aliphatic rings. The molecule has 0 fully saturated rings. The number of nitrogens with one attached hydrogen (secondary N) is 2. The van der Waals surface area contributed by atoms with Crippen molar-refractivity contribution in [2.45, 2.75) is 13.1 Å². The van der Waals surface area contributed by atoms with E-state index in [-0.39, 0.29) is 5.82 Å². The highest BCUT2D eigenvalue weighted by atomic mass is 35.5. The molecule has 0 spiro atoms. The van der Waals surface area contributed by atoms with Crippen LogP contribution in [0.3, 0.4) is 0 Å². The van der Waals surface area contributed by atoms with E-state index >= 15 is 0 Å². The summed E-state index contributed by atoms with van der Waals surface area (Å²) in [5, 5.41) is 14.6. The van der Waals surface area contributed by atoms with Gasteiger partial charge in [-0.2, -0.15) is 10.1 Å². The van der Waals surface area contributed by atoms with Crippen LogP contribution < -0.4 is 10.6 Å². The molecule has 0 unspecified atom stereocenters. The lowest BCUT2D eigenvalue weighted by Crippen LogP contribution is -2.08. The fraction of sp³-hybridized carbons (Fsp3) is 0.118. The highest BCUT2D eigenvalue weighted by Gasteiger charge is 2.03. The Bertz CT molecular complexity index is 810. The second-order valence-corrected chi connectivity index (χ2v) is 5.53. The van der Waals surface area contributed by atoms with Gasteiger partial charge in [-0.25, -0.2) is 4.39 Å². The molecule has 0 atom stereocenters. The Labute approximate surface area is 143 Å². The first-order chi connectivity index (χ1) is 11.7. The molecule has 0 radical (unpaired) electrons. The summed E-state index contributed by atoms with van der Waals surface area (Å²) in [5.74, 6) is 0.656. The standard InChI is InChI=1S/C17H15ClFN5/c18-14-7-5-12(6-8-14)9-21-17-23-16(11-22-24-17)20-10-13-3-1-2-4-15(13)19/h1-8,11H,9-10H2,(H2,20,21,23,24). The first-order valence-corrected chi connectivity index (χ1v) is 7.74. The van der Waals surface area contributed by atoms with E-state index in [1.807, 2.05) is 24.3 Å². The normalized spacial score (nSPS) is 10.4. The van der Waals surface area contributed by atoms with Gasteiger partial charge in [0, 0.05) is 23.7 Å². The van der Waals surface area contributed by atoms with Gasteiger partial charge >= 0.3 is 0 Å². The van der Waals surface area contributed by atoms with E-state index in [2.05, 4.69) is 25.8 Å². The number of rotatable bonds is 6. The van der Waals surface area contributed by atoms with E-state index in [1.165, 1.54) is 12.3 Å². The molecule has 1 aromatic heterocycles. The second-order valence-electron chi connectivity index (χ2n) is 5.09. The Morgan fingerprint density at radius 1 is 0.958 bits per heavy atom. The molecule has 1 heterocycles. The van der Waals surface area contributed by atoms with Gasteiger partial charge in [-0.15, -0.1) is 5.10 Å². The molecule has 2 N–H and O–H groups in total. The molecule has 5 nitrogen and oxygen atoms in total. The topological polar surface area (TPSA) is 62.7 Å². The number of hydrogen-bond acceptors (Lipinski definition) is 5. The Kier molecular flexibility index (Phi) is 5.18. The van der Waals surface area contributed by atoms with Crippen LogP contribution in [0, 0.1) is 5.82 Å². The summed E-state index contributed by atoms with van der Waals surface area (Å²) in [6.07, 6.45) is 1.49. The molecule has 3 aromatic rings. The highest BCUT2D eigenvalue weighted by molar-refractivity contribution is 6.30. The van der Waals surface area contributed by atoms with E-state index in [0.29, 0.717) is 35.4 Å². The van der Waals surface area contributed by atoms with Crippen LogP contribution in [-0.4, -0.2) is 15.2 Å². The lowest BCUT2D eigenvalue weighted by atomic mass is 10.2. The van der Waals surface area contributed by atoms with Crippen molar-refractivity contribution < 1.29 is 4.39 Å². The monoisotopic (exact) mass is 343 g/mol.